The van der Waals surface area contributed by atoms with Crippen molar-refractivity contribution in [1.29, 1.82) is 0 Å². The van der Waals surface area contributed by atoms with Crippen LogP contribution in [0.15, 0.2) is 30.3 Å². The molecular formula is C18H26N2O4. The second kappa shape index (κ2) is 9.27. The molecule has 6 nitrogen and oxygen atoms in total. The highest BCUT2D eigenvalue weighted by atomic mass is 16.5. The van der Waals surface area contributed by atoms with Crippen molar-refractivity contribution in [2.45, 2.75) is 57.2 Å². The van der Waals surface area contributed by atoms with Crippen molar-refractivity contribution in [1.82, 2.24) is 10.6 Å². The summed E-state index contributed by atoms with van der Waals surface area (Å²) in [6.45, 7) is 2.67. The van der Waals surface area contributed by atoms with Gasteiger partial charge in [0.1, 0.15) is 0 Å². The molecule has 1 fully saturated rings. The smallest absolute Gasteiger partial charge is 0.315 e. The van der Waals surface area contributed by atoms with Crippen LogP contribution in [0, 0.1) is 0 Å². The van der Waals surface area contributed by atoms with Crippen LogP contribution in [-0.2, 0) is 16.0 Å². The Morgan fingerprint density at radius 3 is 2.67 bits per heavy atom. The molecular weight excluding hydrogens is 308 g/mol. The zero-order valence-electron chi connectivity index (χ0n) is 14.0. The second-order valence-corrected chi connectivity index (χ2v) is 6.28. The summed E-state index contributed by atoms with van der Waals surface area (Å²) < 4.78 is 5.57. The molecule has 2 amide bonds. The fourth-order valence-electron chi connectivity index (χ4n) is 2.95. The number of rotatable bonds is 8. The van der Waals surface area contributed by atoms with Crippen molar-refractivity contribution in [2.75, 3.05) is 6.61 Å². The molecule has 132 valence electrons. The van der Waals surface area contributed by atoms with E-state index in [1.807, 2.05) is 37.3 Å². The van der Waals surface area contributed by atoms with E-state index in [0.29, 0.717) is 12.8 Å². The summed E-state index contributed by atoms with van der Waals surface area (Å²) in [6, 6.07) is 9.18. The molecule has 3 N–H and O–H groups in total. The first-order valence-electron chi connectivity index (χ1n) is 8.49. The number of benzene rings is 1. The molecule has 0 radical (unpaired) electrons. The highest BCUT2D eigenvalue weighted by molar-refractivity contribution is 5.74. The van der Waals surface area contributed by atoms with Gasteiger partial charge in [-0.15, -0.1) is 0 Å². The SMILES string of the molecule is CC(NC(=O)NC(CCC(=O)O)Cc1ccccc1)C1CCCO1. The van der Waals surface area contributed by atoms with Gasteiger partial charge in [-0.25, -0.2) is 4.79 Å². The summed E-state index contributed by atoms with van der Waals surface area (Å²) in [4.78, 5) is 23.1. The van der Waals surface area contributed by atoms with E-state index in [1.54, 1.807) is 0 Å². The number of carbonyl (C=O) groups is 2. The molecule has 0 aliphatic carbocycles. The molecule has 1 saturated heterocycles. The molecule has 0 spiro atoms. The molecule has 0 aromatic heterocycles. The lowest BCUT2D eigenvalue weighted by molar-refractivity contribution is -0.137. The molecule has 3 atom stereocenters. The Morgan fingerprint density at radius 1 is 1.29 bits per heavy atom. The maximum absolute atomic E-state index is 12.2. The van der Waals surface area contributed by atoms with Crippen molar-refractivity contribution >= 4 is 12.0 Å². The van der Waals surface area contributed by atoms with Gasteiger partial charge >= 0.3 is 12.0 Å². The average Bonchev–Trinajstić information content (AvgIpc) is 3.08. The van der Waals surface area contributed by atoms with Gasteiger partial charge in [-0.2, -0.15) is 0 Å². The third-order valence-corrected chi connectivity index (χ3v) is 4.25. The number of aliphatic carboxylic acids is 1. The Kier molecular flexibility index (Phi) is 7.06. The molecule has 1 aromatic rings. The monoisotopic (exact) mass is 334 g/mol. The largest absolute Gasteiger partial charge is 0.481 e. The topological polar surface area (TPSA) is 87.7 Å². The van der Waals surface area contributed by atoms with Crippen LogP contribution in [0.2, 0.25) is 0 Å². The number of urea groups is 1. The summed E-state index contributed by atoms with van der Waals surface area (Å²) in [5.74, 6) is -0.858. The van der Waals surface area contributed by atoms with Crippen LogP contribution in [0.4, 0.5) is 4.79 Å². The third kappa shape index (κ3) is 6.20. The number of ether oxygens (including phenoxy) is 1. The van der Waals surface area contributed by atoms with Crippen LogP contribution in [0.3, 0.4) is 0 Å². The highest BCUT2D eigenvalue weighted by Crippen LogP contribution is 2.15. The number of hydrogen-bond donors (Lipinski definition) is 3. The van der Waals surface area contributed by atoms with E-state index in [1.165, 1.54) is 0 Å². The maximum atomic E-state index is 12.2. The molecule has 0 saturated carbocycles. The Balaban J connectivity index is 1.88. The first kappa shape index (κ1) is 18.3. The fraction of sp³-hybridized carbons (Fsp3) is 0.556. The quantitative estimate of drug-likeness (QED) is 0.681. The summed E-state index contributed by atoms with van der Waals surface area (Å²) in [7, 11) is 0. The minimum absolute atomic E-state index is 0.0269. The molecule has 1 aromatic carbocycles. The highest BCUT2D eigenvalue weighted by Gasteiger charge is 2.24. The van der Waals surface area contributed by atoms with Gasteiger partial charge in [-0.3, -0.25) is 4.79 Å². The number of carbonyl (C=O) groups excluding carboxylic acids is 1. The van der Waals surface area contributed by atoms with Gasteiger partial charge in [0.25, 0.3) is 0 Å². The molecule has 6 heteroatoms. The van der Waals surface area contributed by atoms with E-state index in [2.05, 4.69) is 10.6 Å². The van der Waals surface area contributed by atoms with Gasteiger partial charge < -0.3 is 20.5 Å². The second-order valence-electron chi connectivity index (χ2n) is 6.28. The molecule has 3 unspecified atom stereocenters. The van der Waals surface area contributed by atoms with Crippen LogP contribution in [0.25, 0.3) is 0 Å². The minimum Gasteiger partial charge on any atom is -0.481 e. The van der Waals surface area contributed by atoms with Gasteiger partial charge in [0, 0.05) is 19.1 Å². The first-order valence-corrected chi connectivity index (χ1v) is 8.49. The molecule has 1 heterocycles. The normalized spacial score (nSPS) is 19.5. The molecule has 1 aliphatic rings. The lowest BCUT2D eigenvalue weighted by Crippen LogP contribution is -2.49. The summed E-state index contributed by atoms with van der Waals surface area (Å²) >= 11 is 0. The lowest BCUT2D eigenvalue weighted by Gasteiger charge is -2.23. The Bertz CT molecular complexity index is 529. The van der Waals surface area contributed by atoms with Crippen LogP contribution < -0.4 is 10.6 Å². The van der Waals surface area contributed by atoms with Crippen molar-refractivity contribution in [3.05, 3.63) is 35.9 Å². The van der Waals surface area contributed by atoms with Crippen molar-refractivity contribution in [2.24, 2.45) is 0 Å². The standard InChI is InChI=1S/C18H26N2O4/c1-13(16-8-5-11-24-16)19-18(23)20-15(9-10-17(21)22)12-14-6-3-2-4-7-14/h2-4,6-7,13,15-16H,5,8-12H2,1H3,(H,21,22)(H2,19,20,23). The van der Waals surface area contributed by atoms with Crippen molar-refractivity contribution < 1.29 is 19.4 Å². The van der Waals surface area contributed by atoms with Crippen LogP contribution in [-0.4, -0.2) is 41.9 Å². The predicted molar refractivity (Wildman–Crippen MR) is 90.9 cm³/mol. The van der Waals surface area contributed by atoms with E-state index in [0.717, 1.165) is 25.0 Å². The minimum atomic E-state index is -0.858. The predicted octanol–water partition coefficient (Wildman–Crippen LogP) is 2.33. The van der Waals surface area contributed by atoms with Gasteiger partial charge in [-0.1, -0.05) is 30.3 Å². The first-order chi connectivity index (χ1) is 11.5. The van der Waals surface area contributed by atoms with Crippen LogP contribution in [0.1, 0.15) is 38.2 Å². The van der Waals surface area contributed by atoms with Crippen LogP contribution in [0.5, 0.6) is 0 Å². The zero-order chi connectivity index (χ0) is 17.4. The number of carboxylic acid groups (broad SMARTS) is 1. The molecule has 0 bridgehead atoms. The average molecular weight is 334 g/mol. The van der Waals surface area contributed by atoms with E-state index >= 15 is 0 Å². The lowest BCUT2D eigenvalue weighted by atomic mass is 10.0. The number of nitrogens with one attached hydrogen (secondary N) is 2. The molecule has 2 rings (SSSR count). The van der Waals surface area contributed by atoms with Crippen molar-refractivity contribution in [3.8, 4) is 0 Å². The number of carboxylic acids is 1. The summed E-state index contributed by atoms with van der Waals surface area (Å²) in [5.41, 5.74) is 1.07. The van der Waals surface area contributed by atoms with E-state index in [9.17, 15) is 9.59 Å². The van der Waals surface area contributed by atoms with Gasteiger partial charge in [0.15, 0.2) is 0 Å². The molecule has 1 aliphatic heterocycles. The molecule has 24 heavy (non-hydrogen) atoms. The van der Waals surface area contributed by atoms with E-state index in [-0.39, 0.29) is 30.6 Å². The fourth-order valence-corrected chi connectivity index (χ4v) is 2.95. The zero-order valence-corrected chi connectivity index (χ0v) is 14.0. The number of amides is 2. The van der Waals surface area contributed by atoms with Gasteiger partial charge in [0.05, 0.1) is 12.1 Å². The summed E-state index contributed by atoms with van der Waals surface area (Å²) in [6.07, 6.45) is 3.06. The Hall–Kier alpha value is -2.08. The van der Waals surface area contributed by atoms with Crippen molar-refractivity contribution in [3.63, 3.8) is 0 Å². The van der Waals surface area contributed by atoms with E-state index in [4.69, 9.17) is 9.84 Å². The van der Waals surface area contributed by atoms with Gasteiger partial charge in [-0.05, 0) is 38.2 Å². The third-order valence-electron chi connectivity index (χ3n) is 4.25. The number of hydrogen-bond acceptors (Lipinski definition) is 3. The van der Waals surface area contributed by atoms with Crippen LogP contribution >= 0.6 is 0 Å². The Labute approximate surface area is 142 Å². The maximum Gasteiger partial charge on any atom is 0.315 e. The summed E-state index contributed by atoms with van der Waals surface area (Å²) in [5, 5.41) is 14.7. The van der Waals surface area contributed by atoms with E-state index < -0.39 is 5.97 Å². The Morgan fingerprint density at radius 2 is 2.04 bits per heavy atom. The van der Waals surface area contributed by atoms with Gasteiger partial charge in [0.2, 0.25) is 0 Å².